The molecule has 2 rings (SSSR count). The third-order valence-electron chi connectivity index (χ3n) is 3.93. The number of rotatable bonds is 5. The highest BCUT2D eigenvalue weighted by molar-refractivity contribution is 6.30. The van der Waals surface area contributed by atoms with Crippen molar-refractivity contribution in [1.82, 2.24) is 5.32 Å². The Bertz CT molecular complexity index is 435. The Morgan fingerprint density at radius 3 is 2.42 bits per heavy atom. The van der Waals surface area contributed by atoms with Crippen LogP contribution in [0.4, 0.5) is 0 Å². The van der Waals surface area contributed by atoms with Gasteiger partial charge in [0.05, 0.1) is 5.54 Å². The van der Waals surface area contributed by atoms with E-state index in [1.165, 1.54) is 12.0 Å². The molecule has 2 nitrogen and oxygen atoms in total. The molecule has 1 fully saturated rings. The second-order valence-electron chi connectivity index (χ2n) is 5.92. The van der Waals surface area contributed by atoms with E-state index in [4.69, 9.17) is 11.6 Å². The maximum atomic E-state index is 12.1. The molecule has 0 unspecified atom stereocenters. The van der Waals surface area contributed by atoms with Gasteiger partial charge in [-0.25, -0.2) is 0 Å². The molecule has 0 aliphatic heterocycles. The normalized spacial score (nSPS) is 17.1. The molecule has 1 aliphatic carbocycles. The Labute approximate surface area is 120 Å². The molecule has 1 saturated carbocycles. The molecule has 1 amide bonds. The average Bonchev–Trinajstić information content (AvgIpc) is 2.32. The highest BCUT2D eigenvalue weighted by atomic mass is 35.5. The molecule has 19 heavy (non-hydrogen) atoms. The molecule has 1 aromatic rings. The van der Waals surface area contributed by atoms with E-state index >= 15 is 0 Å². The van der Waals surface area contributed by atoms with Gasteiger partial charge >= 0.3 is 0 Å². The first-order chi connectivity index (χ1) is 9.02. The fraction of sp³-hybridized carbons (Fsp3) is 0.562. The quantitative estimate of drug-likeness (QED) is 0.857. The van der Waals surface area contributed by atoms with Gasteiger partial charge in [0.1, 0.15) is 0 Å². The van der Waals surface area contributed by atoms with Crippen molar-refractivity contribution in [2.75, 3.05) is 0 Å². The van der Waals surface area contributed by atoms with E-state index in [2.05, 4.69) is 19.2 Å². The van der Waals surface area contributed by atoms with Crippen molar-refractivity contribution in [3.05, 3.63) is 34.9 Å². The zero-order valence-corrected chi connectivity index (χ0v) is 12.5. The SMILES string of the molecule is CC(C)CCC(=O)NC1(c2ccc(Cl)cc2)CCC1. The monoisotopic (exact) mass is 279 g/mol. The van der Waals surface area contributed by atoms with Crippen LogP contribution in [0.2, 0.25) is 5.02 Å². The van der Waals surface area contributed by atoms with Crippen molar-refractivity contribution < 1.29 is 4.79 Å². The summed E-state index contributed by atoms with van der Waals surface area (Å²) >= 11 is 5.93. The first-order valence-electron chi connectivity index (χ1n) is 7.09. The molecule has 0 atom stereocenters. The van der Waals surface area contributed by atoms with Gasteiger partial charge in [0.15, 0.2) is 0 Å². The number of benzene rings is 1. The van der Waals surface area contributed by atoms with Gasteiger partial charge in [0.25, 0.3) is 0 Å². The Morgan fingerprint density at radius 2 is 1.95 bits per heavy atom. The Hall–Kier alpha value is -1.02. The van der Waals surface area contributed by atoms with E-state index in [-0.39, 0.29) is 11.4 Å². The van der Waals surface area contributed by atoms with E-state index in [1.807, 2.05) is 24.3 Å². The lowest BCUT2D eigenvalue weighted by Crippen LogP contribution is -2.50. The average molecular weight is 280 g/mol. The Morgan fingerprint density at radius 1 is 1.32 bits per heavy atom. The maximum absolute atomic E-state index is 12.1. The zero-order chi connectivity index (χ0) is 13.9. The van der Waals surface area contributed by atoms with Gasteiger partial charge in [-0.2, -0.15) is 0 Å². The topological polar surface area (TPSA) is 29.1 Å². The summed E-state index contributed by atoms with van der Waals surface area (Å²) in [5, 5.41) is 3.98. The van der Waals surface area contributed by atoms with Gasteiger partial charge in [-0.05, 0) is 49.3 Å². The lowest BCUT2D eigenvalue weighted by molar-refractivity contribution is -0.124. The van der Waals surface area contributed by atoms with Gasteiger partial charge < -0.3 is 5.32 Å². The molecule has 1 N–H and O–H groups in total. The van der Waals surface area contributed by atoms with Crippen LogP contribution in [0, 0.1) is 5.92 Å². The van der Waals surface area contributed by atoms with Crippen LogP contribution >= 0.6 is 11.6 Å². The van der Waals surface area contributed by atoms with Gasteiger partial charge in [0.2, 0.25) is 5.91 Å². The molecule has 1 aromatic carbocycles. The minimum Gasteiger partial charge on any atom is -0.347 e. The van der Waals surface area contributed by atoms with Crippen molar-refractivity contribution in [2.24, 2.45) is 5.92 Å². The molecule has 0 bridgehead atoms. The van der Waals surface area contributed by atoms with Gasteiger partial charge in [0, 0.05) is 11.4 Å². The first kappa shape index (κ1) is 14.4. The number of halogens is 1. The minimum atomic E-state index is -0.140. The standard InChI is InChI=1S/C16H22ClNO/c1-12(2)4-9-15(19)18-16(10-3-11-16)13-5-7-14(17)8-6-13/h5-8,12H,3-4,9-11H2,1-2H3,(H,18,19). The summed E-state index contributed by atoms with van der Waals surface area (Å²) in [5.41, 5.74) is 1.04. The molecule has 0 aromatic heterocycles. The van der Waals surface area contributed by atoms with E-state index in [1.54, 1.807) is 0 Å². The second kappa shape index (κ2) is 5.96. The zero-order valence-electron chi connectivity index (χ0n) is 11.7. The number of hydrogen-bond donors (Lipinski definition) is 1. The van der Waals surface area contributed by atoms with E-state index in [0.29, 0.717) is 12.3 Å². The molecule has 3 heteroatoms. The molecular weight excluding hydrogens is 258 g/mol. The van der Waals surface area contributed by atoms with Crippen molar-refractivity contribution in [3.8, 4) is 0 Å². The van der Waals surface area contributed by atoms with Crippen LogP contribution in [0.15, 0.2) is 24.3 Å². The summed E-state index contributed by atoms with van der Waals surface area (Å²) in [6.45, 7) is 4.29. The highest BCUT2D eigenvalue weighted by Crippen LogP contribution is 2.41. The van der Waals surface area contributed by atoms with Crippen LogP contribution in [0.5, 0.6) is 0 Å². The summed E-state index contributed by atoms with van der Waals surface area (Å²) in [6.07, 6.45) is 4.80. The Kier molecular flexibility index (Phi) is 4.51. The van der Waals surface area contributed by atoms with Crippen molar-refractivity contribution in [2.45, 2.75) is 51.5 Å². The van der Waals surface area contributed by atoms with Crippen molar-refractivity contribution in [1.29, 1.82) is 0 Å². The summed E-state index contributed by atoms with van der Waals surface area (Å²) < 4.78 is 0. The number of carbonyl (C=O) groups excluding carboxylic acids is 1. The molecule has 1 aliphatic rings. The number of amides is 1. The minimum absolute atomic E-state index is 0.140. The predicted molar refractivity (Wildman–Crippen MR) is 79.2 cm³/mol. The van der Waals surface area contributed by atoms with Crippen LogP contribution in [0.1, 0.15) is 51.5 Å². The molecule has 0 saturated heterocycles. The smallest absolute Gasteiger partial charge is 0.220 e. The van der Waals surface area contributed by atoms with Crippen LogP contribution in [-0.4, -0.2) is 5.91 Å². The van der Waals surface area contributed by atoms with E-state index < -0.39 is 0 Å². The van der Waals surface area contributed by atoms with Crippen LogP contribution < -0.4 is 5.32 Å². The molecular formula is C16H22ClNO. The van der Waals surface area contributed by atoms with E-state index in [0.717, 1.165) is 24.3 Å². The van der Waals surface area contributed by atoms with E-state index in [9.17, 15) is 4.79 Å². The van der Waals surface area contributed by atoms with Crippen molar-refractivity contribution >= 4 is 17.5 Å². The molecule has 104 valence electrons. The fourth-order valence-corrected chi connectivity index (χ4v) is 2.66. The lowest BCUT2D eigenvalue weighted by Gasteiger charge is -2.43. The van der Waals surface area contributed by atoms with Gasteiger partial charge in [-0.3, -0.25) is 4.79 Å². The van der Waals surface area contributed by atoms with Gasteiger partial charge in [-0.1, -0.05) is 37.6 Å². The summed E-state index contributed by atoms with van der Waals surface area (Å²) in [5.74, 6) is 0.738. The Balaban J connectivity index is 2.02. The van der Waals surface area contributed by atoms with Crippen LogP contribution in [-0.2, 0) is 10.3 Å². The maximum Gasteiger partial charge on any atom is 0.220 e. The van der Waals surface area contributed by atoms with Crippen LogP contribution in [0.3, 0.4) is 0 Å². The molecule has 0 heterocycles. The molecule has 0 spiro atoms. The molecule has 0 radical (unpaired) electrons. The lowest BCUT2D eigenvalue weighted by atomic mass is 9.71. The highest BCUT2D eigenvalue weighted by Gasteiger charge is 2.39. The number of nitrogens with one attached hydrogen (secondary N) is 1. The third-order valence-corrected chi connectivity index (χ3v) is 4.18. The second-order valence-corrected chi connectivity index (χ2v) is 6.36. The first-order valence-corrected chi connectivity index (χ1v) is 7.47. The predicted octanol–water partition coefficient (Wildman–Crippen LogP) is 4.27. The summed E-state index contributed by atoms with van der Waals surface area (Å²) in [6, 6.07) is 7.86. The largest absolute Gasteiger partial charge is 0.347 e. The van der Waals surface area contributed by atoms with Crippen LogP contribution in [0.25, 0.3) is 0 Å². The third kappa shape index (κ3) is 3.50. The van der Waals surface area contributed by atoms with Crippen molar-refractivity contribution in [3.63, 3.8) is 0 Å². The summed E-state index contributed by atoms with van der Waals surface area (Å²) in [7, 11) is 0. The fourth-order valence-electron chi connectivity index (χ4n) is 2.53. The summed E-state index contributed by atoms with van der Waals surface area (Å²) in [4.78, 5) is 12.1. The van der Waals surface area contributed by atoms with Gasteiger partial charge in [-0.15, -0.1) is 0 Å². The number of hydrogen-bond acceptors (Lipinski definition) is 1. The number of carbonyl (C=O) groups is 1.